The number of hydrogen-bond acceptors (Lipinski definition) is 6. The van der Waals surface area contributed by atoms with Gasteiger partial charge in [0, 0.05) is 45.8 Å². The van der Waals surface area contributed by atoms with Gasteiger partial charge in [-0.25, -0.2) is 4.84 Å². The van der Waals surface area contributed by atoms with E-state index in [2.05, 4.69) is 49.7 Å². The first kappa shape index (κ1) is 33.8. The van der Waals surface area contributed by atoms with Crippen LogP contribution in [0.25, 0.3) is 0 Å². The third-order valence-corrected chi connectivity index (χ3v) is 7.08. The third kappa shape index (κ3) is 18.7. The van der Waals surface area contributed by atoms with Crippen molar-refractivity contribution in [3.05, 3.63) is 12.2 Å². The van der Waals surface area contributed by atoms with E-state index in [-0.39, 0.29) is 18.4 Å². The molecule has 0 aromatic carbocycles. The number of halogens is 1. The van der Waals surface area contributed by atoms with Crippen LogP contribution in [0.4, 0.5) is 0 Å². The molecule has 0 bridgehead atoms. The Labute approximate surface area is 231 Å². The van der Waals surface area contributed by atoms with Gasteiger partial charge in [0.2, 0.25) is 11.8 Å². The molecule has 0 aliphatic carbocycles. The molecule has 0 aromatic rings. The Morgan fingerprint density at radius 2 is 1.35 bits per heavy atom. The summed E-state index contributed by atoms with van der Waals surface area (Å²) in [7, 11) is 1.95. The van der Waals surface area contributed by atoms with Crippen molar-refractivity contribution in [3.8, 4) is 0 Å². The van der Waals surface area contributed by atoms with Crippen LogP contribution >= 0.6 is 11.8 Å². The number of rotatable bonds is 23. The maximum Gasteiger partial charge on any atom is 0.244 e. The molecular formula is C28H55ClN6O2. The van der Waals surface area contributed by atoms with Crippen LogP contribution in [0.2, 0.25) is 0 Å². The number of carbonyl (C=O) groups is 2. The minimum absolute atomic E-state index is 0.0922. The molecule has 1 rings (SSSR count). The van der Waals surface area contributed by atoms with Crippen LogP contribution in [-0.4, -0.2) is 80.8 Å². The second-order valence-corrected chi connectivity index (χ2v) is 10.5. The zero-order chi connectivity index (χ0) is 27.0. The van der Waals surface area contributed by atoms with Gasteiger partial charge in [0.1, 0.15) is 6.04 Å². The molecule has 1 fully saturated rings. The predicted octanol–water partition coefficient (Wildman–Crippen LogP) is 4.12. The van der Waals surface area contributed by atoms with E-state index in [0.29, 0.717) is 13.1 Å². The molecule has 0 aromatic heterocycles. The number of piperazine rings is 1. The first-order valence-corrected chi connectivity index (χ1v) is 15.1. The van der Waals surface area contributed by atoms with E-state index in [9.17, 15) is 9.59 Å². The molecule has 1 heterocycles. The number of hydrogen-bond donors (Lipinski definition) is 4. The van der Waals surface area contributed by atoms with Crippen LogP contribution in [0, 0.1) is 0 Å². The molecular weight excluding hydrogens is 488 g/mol. The Bertz CT molecular complexity index is 599. The van der Waals surface area contributed by atoms with Gasteiger partial charge in [0.15, 0.2) is 0 Å². The minimum atomic E-state index is -0.668. The zero-order valence-corrected chi connectivity index (χ0v) is 24.4. The summed E-state index contributed by atoms with van der Waals surface area (Å²) in [5.41, 5.74) is 0. The highest BCUT2D eigenvalue weighted by Crippen LogP contribution is 2.10. The summed E-state index contributed by atoms with van der Waals surface area (Å²) in [6.45, 7) is 7.56. The predicted molar refractivity (Wildman–Crippen MR) is 155 cm³/mol. The lowest BCUT2D eigenvalue weighted by atomic mass is 10.1. The Morgan fingerprint density at radius 1 is 0.811 bits per heavy atom. The summed E-state index contributed by atoms with van der Waals surface area (Å²) in [4.78, 5) is 32.0. The van der Waals surface area contributed by atoms with Gasteiger partial charge >= 0.3 is 0 Å². The Hall–Kier alpha value is -1.19. The van der Waals surface area contributed by atoms with Gasteiger partial charge in [-0.05, 0) is 50.9 Å². The van der Waals surface area contributed by atoms with Crippen LogP contribution < -0.4 is 20.8 Å². The van der Waals surface area contributed by atoms with Gasteiger partial charge in [-0.1, -0.05) is 70.4 Å². The van der Waals surface area contributed by atoms with Gasteiger partial charge in [0.25, 0.3) is 0 Å². The van der Waals surface area contributed by atoms with E-state index in [0.717, 1.165) is 58.5 Å². The second-order valence-electron chi connectivity index (χ2n) is 10.2. The number of amides is 2. The van der Waals surface area contributed by atoms with E-state index >= 15 is 0 Å². The fourth-order valence-corrected chi connectivity index (χ4v) is 4.71. The van der Waals surface area contributed by atoms with Crippen LogP contribution in [-0.2, 0) is 9.59 Å². The standard InChI is InChI=1S/C28H55ClN6O2/c1-3-4-5-6-7-8-9-10-11-12-13-14-15-16-17-18-27(36)33-26(23-32-29)28(37)31-25-35-21-19-34(20-22-35)24-30-2/h10-11,26,30,32H,3-9,12-25H2,1-2H3,(H,31,37)(H,33,36)/t26-/m0/s1. The molecule has 4 N–H and O–H groups in total. The minimum Gasteiger partial charge on any atom is -0.343 e. The van der Waals surface area contributed by atoms with E-state index in [4.69, 9.17) is 11.8 Å². The van der Waals surface area contributed by atoms with Crippen molar-refractivity contribution in [1.82, 2.24) is 30.6 Å². The average Bonchev–Trinajstić information content (AvgIpc) is 2.90. The van der Waals surface area contributed by atoms with Crippen LogP contribution in [0.1, 0.15) is 96.8 Å². The first-order valence-electron chi connectivity index (χ1n) is 14.8. The number of nitrogens with one attached hydrogen (secondary N) is 4. The Morgan fingerprint density at radius 3 is 1.92 bits per heavy atom. The largest absolute Gasteiger partial charge is 0.343 e. The van der Waals surface area contributed by atoms with Gasteiger partial charge in [-0.3, -0.25) is 19.4 Å². The molecule has 216 valence electrons. The van der Waals surface area contributed by atoms with Crippen molar-refractivity contribution in [1.29, 1.82) is 0 Å². The summed E-state index contributed by atoms with van der Waals surface area (Å²) < 4.78 is 0. The average molecular weight is 543 g/mol. The van der Waals surface area contributed by atoms with Crippen molar-refractivity contribution in [2.45, 2.75) is 103 Å². The lowest BCUT2D eigenvalue weighted by Gasteiger charge is -2.34. The molecule has 1 aliphatic heterocycles. The molecule has 0 saturated carbocycles. The summed E-state index contributed by atoms with van der Waals surface area (Å²) >= 11 is 5.66. The Kier molecular flexibility index (Phi) is 21.9. The second kappa shape index (κ2) is 23.9. The van der Waals surface area contributed by atoms with Crippen LogP contribution in [0.15, 0.2) is 12.2 Å². The molecule has 0 radical (unpaired) electrons. The molecule has 37 heavy (non-hydrogen) atoms. The van der Waals surface area contributed by atoms with E-state index in [1.807, 2.05) is 7.05 Å². The smallest absolute Gasteiger partial charge is 0.244 e. The lowest BCUT2D eigenvalue weighted by molar-refractivity contribution is -0.129. The SMILES string of the molecule is CCCCCCCCC=CCCCCCCCC(=O)N[C@@H](CNCl)C(=O)NCN1CCN(CNC)CC1. The van der Waals surface area contributed by atoms with Gasteiger partial charge in [0.05, 0.1) is 6.67 Å². The molecule has 0 spiro atoms. The Balaban J connectivity index is 2.06. The molecule has 2 amide bonds. The number of nitrogens with zero attached hydrogens (tertiary/aromatic N) is 2. The van der Waals surface area contributed by atoms with Crippen molar-refractivity contribution in [3.63, 3.8) is 0 Å². The van der Waals surface area contributed by atoms with Crippen LogP contribution in [0.5, 0.6) is 0 Å². The number of unbranched alkanes of at least 4 members (excludes halogenated alkanes) is 11. The highest BCUT2D eigenvalue weighted by atomic mass is 35.5. The van der Waals surface area contributed by atoms with E-state index in [1.165, 1.54) is 57.8 Å². The van der Waals surface area contributed by atoms with E-state index in [1.54, 1.807) is 0 Å². The highest BCUT2D eigenvalue weighted by Gasteiger charge is 2.22. The molecule has 9 heteroatoms. The third-order valence-electron chi connectivity index (χ3n) is 6.92. The lowest BCUT2D eigenvalue weighted by Crippen LogP contribution is -2.55. The summed E-state index contributed by atoms with van der Waals surface area (Å²) in [6, 6.07) is -0.668. The topological polar surface area (TPSA) is 88.7 Å². The first-order chi connectivity index (χ1) is 18.1. The monoisotopic (exact) mass is 542 g/mol. The molecule has 1 saturated heterocycles. The highest BCUT2D eigenvalue weighted by molar-refractivity contribution is 6.13. The fourth-order valence-electron chi connectivity index (χ4n) is 4.55. The summed E-state index contributed by atoms with van der Waals surface area (Å²) in [5.74, 6) is -0.297. The van der Waals surface area contributed by atoms with Crippen molar-refractivity contribution >= 4 is 23.6 Å². The summed E-state index contributed by atoms with van der Waals surface area (Å²) in [5, 5.41) is 8.95. The summed E-state index contributed by atoms with van der Waals surface area (Å²) in [6.07, 6.45) is 21.1. The molecule has 1 atom stereocenters. The van der Waals surface area contributed by atoms with Gasteiger partial charge in [-0.2, -0.15) is 0 Å². The van der Waals surface area contributed by atoms with Crippen molar-refractivity contribution < 1.29 is 9.59 Å². The molecule has 8 nitrogen and oxygen atoms in total. The quantitative estimate of drug-likeness (QED) is 0.0882. The maximum atomic E-state index is 12.6. The van der Waals surface area contributed by atoms with Crippen LogP contribution in [0.3, 0.4) is 0 Å². The van der Waals surface area contributed by atoms with Gasteiger partial charge in [-0.15, -0.1) is 0 Å². The maximum absolute atomic E-state index is 12.6. The zero-order valence-electron chi connectivity index (χ0n) is 23.7. The molecule has 0 unspecified atom stereocenters. The van der Waals surface area contributed by atoms with Crippen molar-refractivity contribution in [2.24, 2.45) is 0 Å². The van der Waals surface area contributed by atoms with Crippen molar-refractivity contribution in [2.75, 3.05) is 53.1 Å². The fraction of sp³-hybridized carbons (Fsp3) is 0.857. The van der Waals surface area contributed by atoms with E-state index < -0.39 is 6.04 Å². The number of allylic oxidation sites excluding steroid dienone is 2. The van der Waals surface area contributed by atoms with Gasteiger partial charge < -0.3 is 16.0 Å². The molecule has 1 aliphatic rings. The number of carbonyl (C=O) groups excluding carboxylic acids is 2. The normalized spacial score (nSPS) is 15.8.